The first kappa shape index (κ1) is 30.7. The highest BCUT2D eigenvalue weighted by Crippen LogP contribution is 2.38. The summed E-state index contributed by atoms with van der Waals surface area (Å²) in [4.78, 5) is 24.3. The Morgan fingerprint density at radius 2 is 1.65 bits per heavy atom. The zero-order valence-corrected chi connectivity index (χ0v) is 20.6. The van der Waals surface area contributed by atoms with Crippen molar-refractivity contribution < 1.29 is 65.1 Å². The summed E-state index contributed by atoms with van der Waals surface area (Å²) in [5.41, 5.74) is 1.17. The average Bonchev–Trinajstić information content (AvgIpc) is 3.32. The molecule has 0 aliphatic carbocycles. The standard InChI is InChI=1S/C20H22N2O4.2C2HF3O2/c1-2-17(10-21-6-1)26-16-5-7-25-20(9-16)12-22(13-20)11-15-3-4-18-19(8-15)24-14-23-18;2*3-2(4,5)1(6)7/h1-4,6,8,10,16H,5,7,9,11-14H2;2*(H,6,7). The van der Waals surface area contributed by atoms with Gasteiger partial charge < -0.3 is 29.2 Å². The lowest BCUT2D eigenvalue weighted by Crippen LogP contribution is -2.65. The number of hydrogen-bond acceptors (Lipinski definition) is 8. The van der Waals surface area contributed by atoms with Crippen molar-refractivity contribution in [2.24, 2.45) is 0 Å². The fraction of sp³-hybridized carbons (Fsp3) is 0.458. The Morgan fingerprint density at radius 3 is 2.23 bits per heavy atom. The van der Waals surface area contributed by atoms with Gasteiger partial charge in [0.1, 0.15) is 11.9 Å². The van der Waals surface area contributed by atoms with Crippen LogP contribution in [0.3, 0.4) is 0 Å². The molecule has 3 aliphatic rings. The third-order valence-corrected chi connectivity index (χ3v) is 5.74. The fourth-order valence-electron chi connectivity index (χ4n) is 4.09. The van der Waals surface area contributed by atoms with E-state index in [-0.39, 0.29) is 11.7 Å². The van der Waals surface area contributed by atoms with E-state index >= 15 is 0 Å². The number of pyridine rings is 1. The van der Waals surface area contributed by atoms with Gasteiger partial charge in [0.2, 0.25) is 6.79 Å². The Kier molecular flexibility index (Phi) is 9.68. The first-order chi connectivity index (χ1) is 18.7. The summed E-state index contributed by atoms with van der Waals surface area (Å²) in [6.45, 7) is 3.85. The number of halogens is 6. The van der Waals surface area contributed by atoms with Gasteiger partial charge in [-0.2, -0.15) is 26.3 Å². The Balaban J connectivity index is 0.000000263. The molecule has 16 heteroatoms. The third-order valence-electron chi connectivity index (χ3n) is 5.74. The van der Waals surface area contributed by atoms with E-state index in [2.05, 4.69) is 22.0 Å². The first-order valence-corrected chi connectivity index (χ1v) is 11.6. The van der Waals surface area contributed by atoms with Gasteiger partial charge in [0.05, 0.1) is 18.4 Å². The van der Waals surface area contributed by atoms with E-state index in [0.29, 0.717) is 6.79 Å². The topological polar surface area (TPSA) is 128 Å². The van der Waals surface area contributed by atoms with E-state index < -0.39 is 24.3 Å². The maximum absolute atomic E-state index is 10.6. The molecule has 1 aromatic heterocycles. The monoisotopic (exact) mass is 582 g/mol. The minimum atomic E-state index is -5.08. The molecule has 2 fully saturated rings. The number of alkyl halides is 6. The summed E-state index contributed by atoms with van der Waals surface area (Å²) in [6.07, 6.45) is -4.58. The van der Waals surface area contributed by atoms with Crippen LogP contribution in [0.4, 0.5) is 26.3 Å². The van der Waals surface area contributed by atoms with Crippen LogP contribution < -0.4 is 14.2 Å². The molecule has 0 radical (unpaired) electrons. The maximum Gasteiger partial charge on any atom is 0.490 e. The number of carbonyl (C=O) groups is 2. The molecule has 2 N–H and O–H groups in total. The molecule has 2 aromatic rings. The number of aliphatic carboxylic acids is 2. The van der Waals surface area contributed by atoms with Crippen molar-refractivity contribution in [1.29, 1.82) is 0 Å². The van der Waals surface area contributed by atoms with Gasteiger partial charge in [-0.25, -0.2) is 9.59 Å². The number of benzene rings is 1. The van der Waals surface area contributed by atoms with Crippen molar-refractivity contribution in [3.63, 3.8) is 0 Å². The zero-order chi connectivity index (χ0) is 29.6. The van der Waals surface area contributed by atoms with Crippen LogP contribution in [0.15, 0.2) is 42.7 Å². The van der Waals surface area contributed by atoms with Crippen molar-refractivity contribution in [1.82, 2.24) is 9.88 Å². The maximum atomic E-state index is 10.6. The first-order valence-electron chi connectivity index (χ1n) is 11.6. The largest absolute Gasteiger partial charge is 0.490 e. The molecule has 1 atom stereocenters. The van der Waals surface area contributed by atoms with Crippen molar-refractivity contribution in [3.05, 3.63) is 48.3 Å². The van der Waals surface area contributed by atoms with Gasteiger partial charge in [-0.05, 0) is 29.8 Å². The van der Waals surface area contributed by atoms with Crippen molar-refractivity contribution in [3.8, 4) is 17.2 Å². The summed E-state index contributed by atoms with van der Waals surface area (Å²) < 4.78 is 86.5. The van der Waals surface area contributed by atoms with Crippen molar-refractivity contribution >= 4 is 11.9 Å². The lowest BCUT2D eigenvalue weighted by atomic mass is 9.84. The van der Waals surface area contributed by atoms with E-state index in [4.69, 9.17) is 38.7 Å². The van der Waals surface area contributed by atoms with E-state index in [9.17, 15) is 26.3 Å². The Morgan fingerprint density at radius 1 is 1.02 bits per heavy atom. The molecule has 4 heterocycles. The number of nitrogens with zero attached hydrogens (tertiary/aromatic N) is 2. The summed E-state index contributed by atoms with van der Waals surface area (Å²) in [5.74, 6) is -3.00. The van der Waals surface area contributed by atoms with Gasteiger partial charge >= 0.3 is 24.3 Å². The van der Waals surface area contributed by atoms with Crippen molar-refractivity contribution in [2.75, 3.05) is 26.5 Å². The van der Waals surface area contributed by atoms with Crippen LogP contribution in [-0.2, 0) is 20.9 Å². The van der Waals surface area contributed by atoms with Gasteiger partial charge in [-0.15, -0.1) is 0 Å². The van der Waals surface area contributed by atoms with Crippen LogP contribution >= 0.6 is 0 Å². The minimum Gasteiger partial charge on any atom is -0.489 e. The number of carboxylic acid groups (broad SMARTS) is 2. The molecule has 2 saturated heterocycles. The smallest absolute Gasteiger partial charge is 0.489 e. The lowest BCUT2D eigenvalue weighted by Gasteiger charge is -2.53. The SMILES string of the molecule is O=C(O)C(F)(F)F.O=C(O)C(F)(F)F.c1cncc(OC2CCOC3(C2)CN(Cc2ccc4c(c2)OCO4)C3)c1. The van der Waals surface area contributed by atoms with Crippen LogP contribution in [-0.4, -0.2) is 82.6 Å². The second kappa shape index (κ2) is 12.6. The Hall–Kier alpha value is -3.79. The normalized spacial score (nSPS) is 19.3. The van der Waals surface area contributed by atoms with Crippen LogP contribution in [0, 0.1) is 0 Å². The van der Waals surface area contributed by atoms with Crippen LogP contribution in [0.25, 0.3) is 0 Å². The predicted octanol–water partition coefficient (Wildman–Crippen LogP) is 3.89. The number of rotatable bonds is 4. The highest BCUT2D eigenvalue weighted by molar-refractivity contribution is 5.73. The summed E-state index contributed by atoms with van der Waals surface area (Å²) >= 11 is 0. The van der Waals surface area contributed by atoms with Gasteiger partial charge in [-0.3, -0.25) is 9.88 Å². The summed E-state index contributed by atoms with van der Waals surface area (Å²) in [6, 6.07) is 10.0. The minimum absolute atomic E-state index is 0.0680. The Bertz CT molecular complexity index is 1130. The van der Waals surface area contributed by atoms with E-state index in [1.165, 1.54) is 5.56 Å². The molecule has 220 valence electrons. The molecular formula is C24H24F6N2O8. The van der Waals surface area contributed by atoms with Crippen LogP contribution in [0.5, 0.6) is 17.2 Å². The molecule has 0 saturated carbocycles. The Labute approximate surface area is 223 Å². The third kappa shape index (κ3) is 8.87. The van der Waals surface area contributed by atoms with Crippen molar-refractivity contribution in [2.45, 2.75) is 43.4 Å². The molecule has 3 aliphatic heterocycles. The molecular weight excluding hydrogens is 558 g/mol. The predicted molar refractivity (Wildman–Crippen MR) is 122 cm³/mol. The molecule has 0 bridgehead atoms. The van der Waals surface area contributed by atoms with Gasteiger partial charge in [-0.1, -0.05) is 6.07 Å². The molecule has 10 nitrogen and oxygen atoms in total. The van der Waals surface area contributed by atoms with E-state index in [1.54, 1.807) is 12.4 Å². The van der Waals surface area contributed by atoms with E-state index in [1.807, 2.05) is 18.2 Å². The lowest BCUT2D eigenvalue weighted by molar-refractivity contribution is -0.193. The van der Waals surface area contributed by atoms with Crippen LogP contribution in [0.1, 0.15) is 18.4 Å². The quantitative estimate of drug-likeness (QED) is 0.513. The molecule has 1 aromatic carbocycles. The highest BCUT2D eigenvalue weighted by Gasteiger charge is 2.48. The van der Waals surface area contributed by atoms with Gasteiger partial charge in [0.25, 0.3) is 0 Å². The average molecular weight is 582 g/mol. The molecule has 1 spiro atoms. The van der Waals surface area contributed by atoms with Gasteiger partial charge in [0, 0.05) is 38.7 Å². The molecule has 5 rings (SSSR count). The summed E-state index contributed by atoms with van der Waals surface area (Å²) in [5, 5.41) is 14.2. The van der Waals surface area contributed by atoms with Gasteiger partial charge in [0.15, 0.2) is 11.5 Å². The summed E-state index contributed by atoms with van der Waals surface area (Å²) in [7, 11) is 0. The number of likely N-dealkylation sites (tertiary alicyclic amines) is 1. The number of carboxylic acids is 2. The number of aromatic nitrogens is 1. The number of ether oxygens (including phenoxy) is 4. The van der Waals surface area contributed by atoms with Crippen LogP contribution in [0.2, 0.25) is 0 Å². The highest BCUT2D eigenvalue weighted by atomic mass is 19.4. The zero-order valence-electron chi connectivity index (χ0n) is 20.6. The second-order valence-corrected chi connectivity index (χ2v) is 8.89. The molecule has 0 amide bonds. The number of fused-ring (bicyclic) bond motifs is 1. The number of hydrogen-bond donors (Lipinski definition) is 2. The van der Waals surface area contributed by atoms with E-state index in [0.717, 1.165) is 56.3 Å². The molecule has 1 unspecified atom stereocenters. The molecule has 40 heavy (non-hydrogen) atoms. The second-order valence-electron chi connectivity index (χ2n) is 8.89. The fourth-order valence-corrected chi connectivity index (χ4v) is 4.09.